The second-order valence-electron chi connectivity index (χ2n) is 5.40. The maximum atomic E-state index is 12.0. The molecule has 0 atom stereocenters. The number of nitrogens with zero attached hydrogens (tertiary/aromatic N) is 3. The lowest BCUT2D eigenvalue weighted by Crippen LogP contribution is -2.26. The zero-order chi connectivity index (χ0) is 21.4. The topological polar surface area (TPSA) is 221 Å². The molecule has 0 unspecified atom stereocenters. The van der Waals surface area contributed by atoms with Gasteiger partial charge in [0.15, 0.2) is 5.69 Å². The first-order valence-electron chi connectivity index (χ1n) is 8.14. The molecule has 2 heterocycles. The minimum absolute atomic E-state index is 0.0137. The molecule has 15 nitrogen and oxygen atoms in total. The first-order chi connectivity index (χ1) is 13.7. The average Bonchev–Trinajstić information content (AvgIpc) is 2.62. The molecule has 0 saturated carbocycles. The van der Waals surface area contributed by atoms with Crippen LogP contribution in [0.4, 0.5) is 23.5 Å². The average molecular weight is 430 g/mol. The van der Waals surface area contributed by atoms with Crippen molar-refractivity contribution in [3.8, 4) is 5.88 Å². The summed E-state index contributed by atoms with van der Waals surface area (Å²) in [5.41, 5.74) is -2.16. The molecule has 2 aromatic rings. The van der Waals surface area contributed by atoms with Crippen LogP contribution >= 0.6 is 0 Å². The van der Waals surface area contributed by atoms with E-state index in [0.29, 0.717) is 6.54 Å². The van der Waals surface area contributed by atoms with E-state index in [9.17, 15) is 22.8 Å². The Morgan fingerprint density at radius 1 is 1.07 bits per heavy atom. The quantitative estimate of drug-likeness (QED) is 0.179. The van der Waals surface area contributed by atoms with Gasteiger partial charge in [0.2, 0.25) is 23.7 Å². The van der Waals surface area contributed by atoms with Crippen LogP contribution < -0.4 is 31.9 Å². The van der Waals surface area contributed by atoms with Crippen molar-refractivity contribution in [3.05, 3.63) is 20.8 Å². The summed E-state index contributed by atoms with van der Waals surface area (Å²) in [5.74, 6) is -1.20. The van der Waals surface area contributed by atoms with Crippen molar-refractivity contribution in [2.24, 2.45) is 0 Å². The van der Waals surface area contributed by atoms with Gasteiger partial charge in [-0.2, -0.15) is 23.4 Å². The van der Waals surface area contributed by atoms with E-state index in [1.807, 2.05) is 11.9 Å². The second-order valence-corrected chi connectivity index (χ2v) is 6.97. The molecule has 2 rings (SSSR count). The Hall–Kier alpha value is -3.53. The smallest absolute Gasteiger partial charge is 0.328 e. The van der Waals surface area contributed by atoms with Crippen molar-refractivity contribution in [1.29, 1.82) is 0 Å². The second kappa shape index (κ2) is 9.60. The molecule has 0 fully saturated rings. The highest BCUT2D eigenvalue weighted by atomic mass is 32.2. The molecule has 2 aromatic heterocycles. The van der Waals surface area contributed by atoms with Gasteiger partial charge in [-0.3, -0.25) is 24.1 Å². The molecule has 0 aliphatic carbocycles. The summed E-state index contributed by atoms with van der Waals surface area (Å²) in [6.07, 6.45) is 0.747. The van der Waals surface area contributed by atoms with Gasteiger partial charge in [-0.05, 0) is 6.42 Å². The Labute approximate surface area is 163 Å². The molecule has 29 heavy (non-hydrogen) atoms. The maximum Gasteiger partial charge on any atom is 0.328 e. The van der Waals surface area contributed by atoms with E-state index in [1.54, 1.807) is 0 Å². The van der Waals surface area contributed by atoms with E-state index >= 15 is 0 Å². The molecule has 158 valence electrons. The minimum Gasteiger partial charge on any atom is -0.409 e. The molecular weight excluding hydrogens is 412 g/mol. The van der Waals surface area contributed by atoms with E-state index in [-0.39, 0.29) is 36.5 Å². The Bertz CT molecular complexity index is 1080. The summed E-state index contributed by atoms with van der Waals surface area (Å²) >= 11 is 0. The third-order valence-electron chi connectivity index (χ3n) is 3.12. The van der Waals surface area contributed by atoms with Crippen molar-refractivity contribution in [2.75, 3.05) is 34.8 Å². The number of rotatable bonds is 11. The zero-order valence-corrected chi connectivity index (χ0v) is 15.9. The SMILES string of the molecule is CCCNc1nc(NCCS(=O)(=O)O)nc(Nc2c(OC=O)[nH]c(=O)[nH]c2=O)n1. The minimum atomic E-state index is -4.19. The summed E-state index contributed by atoms with van der Waals surface area (Å²) in [6, 6.07) is 0. The standard InChI is InChI=1S/C13H18N8O7S/c1-2-3-14-10-19-11(15-4-5-29(25,26)27)21-12(20-10)16-7-8(23)17-13(24)18-9(7)28-6-22/h6H,2-5H2,1H3,(H,25,26,27)(H2,17,18,23,24)(H3,14,15,16,19,20,21). The fraction of sp³-hybridized carbons (Fsp3) is 0.385. The number of nitrogens with one attached hydrogen (secondary N) is 5. The molecule has 6 N–H and O–H groups in total. The van der Waals surface area contributed by atoms with Gasteiger partial charge in [0.25, 0.3) is 22.1 Å². The van der Waals surface area contributed by atoms with Gasteiger partial charge in [0.05, 0.1) is 5.75 Å². The van der Waals surface area contributed by atoms with Gasteiger partial charge >= 0.3 is 5.69 Å². The Morgan fingerprint density at radius 2 is 1.69 bits per heavy atom. The fourth-order valence-corrected chi connectivity index (χ4v) is 2.31. The van der Waals surface area contributed by atoms with Gasteiger partial charge in [0, 0.05) is 13.1 Å². The van der Waals surface area contributed by atoms with Crippen LogP contribution in [0.3, 0.4) is 0 Å². The number of ether oxygens (including phenoxy) is 1. The van der Waals surface area contributed by atoms with Crippen LogP contribution in [0, 0.1) is 0 Å². The largest absolute Gasteiger partial charge is 0.409 e. The number of aromatic nitrogens is 5. The van der Waals surface area contributed by atoms with Crippen molar-refractivity contribution < 1.29 is 22.5 Å². The summed E-state index contributed by atoms with van der Waals surface area (Å²) in [7, 11) is -4.19. The zero-order valence-electron chi connectivity index (χ0n) is 15.1. The van der Waals surface area contributed by atoms with Crippen LogP contribution in [0.15, 0.2) is 9.59 Å². The van der Waals surface area contributed by atoms with E-state index in [0.717, 1.165) is 6.42 Å². The van der Waals surface area contributed by atoms with Gasteiger partial charge in [-0.15, -0.1) is 0 Å². The summed E-state index contributed by atoms with van der Waals surface area (Å²) in [4.78, 5) is 50.1. The summed E-state index contributed by atoms with van der Waals surface area (Å²) in [6.45, 7) is 2.22. The highest BCUT2D eigenvalue weighted by molar-refractivity contribution is 7.85. The lowest BCUT2D eigenvalue weighted by molar-refractivity contribution is -0.120. The normalized spacial score (nSPS) is 11.0. The first-order valence-corrected chi connectivity index (χ1v) is 9.75. The van der Waals surface area contributed by atoms with Crippen molar-refractivity contribution in [3.63, 3.8) is 0 Å². The van der Waals surface area contributed by atoms with E-state index in [1.165, 1.54) is 0 Å². The number of carbonyl (C=O) groups is 1. The molecule has 0 aliphatic rings. The molecular formula is C13H18N8O7S. The highest BCUT2D eigenvalue weighted by Gasteiger charge is 2.15. The molecule has 0 amide bonds. The molecule has 0 bridgehead atoms. The molecule has 0 spiro atoms. The highest BCUT2D eigenvalue weighted by Crippen LogP contribution is 2.19. The summed E-state index contributed by atoms with van der Waals surface area (Å²) < 4.78 is 35.0. The molecule has 0 saturated heterocycles. The number of H-pyrrole nitrogens is 2. The summed E-state index contributed by atoms with van der Waals surface area (Å²) in [5, 5.41) is 7.99. The lowest BCUT2D eigenvalue weighted by atomic mass is 10.5. The Balaban J connectivity index is 2.36. The van der Waals surface area contributed by atoms with Crippen LogP contribution in [0.2, 0.25) is 0 Å². The number of anilines is 4. The van der Waals surface area contributed by atoms with Gasteiger partial charge < -0.3 is 20.7 Å². The van der Waals surface area contributed by atoms with Gasteiger partial charge in [0.1, 0.15) is 0 Å². The van der Waals surface area contributed by atoms with Crippen LogP contribution in [-0.2, 0) is 14.9 Å². The molecule has 0 aromatic carbocycles. The predicted octanol–water partition coefficient (Wildman–Crippen LogP) is -1.35. The van der Waals surface area contributed by atoms with E-state index in [2.05, 4.69) is 40.6 Å². The first kappa shape index (κ1) is 21.8. The van der Waals surface area contributed by atoms with E-state index in [4.69, 9.17) is 4.55 Å². The molecule has 0 aliphatic heterocycles. The predicted molar refractivity (Wildman–Crippen MR) is 101 cm³/mol. The Kier molecular flexibility index (Phi) is 7.21. The van der Waals surface area contributed by atoms with Crippen LogP contribution in [0.5, 0.6) is 5.88 Å². The van der Waals surface area contributed by atoms with E-state index < -0.39 is 33.0 Å². The number of hydrogen-bond acceptors (Lipinski definition) is 12. The monoisotopic (exact) mass is 430 g/mol. The van der Waals surface area contributed by atoms with Crippen LogP contribution in [0.25, 0.3) is 0 Å². The van der Waals surface area contributed by atoms with Crippen molar-refractivity contribution in [1.82, 2.24) is 24.9 Å². The number of carbonyl (C=O) groups excluding carboxylic acids is 1. The van der Waals surface area contributed by atoms with Crippen molar-refractivity contribution >= 4 is 40.1 Å². The number of hydrogen-bond donors (Lipinski definition) is 6. The number of aromatic amines is 2. The maximum absolute atomic E-state index is 12.0. The van der Waals surface area contributed by atoms with Crippen molar-refractivity contribution in [2.45, 2.75) is 13.3 Å². The molecule has 0 radical (unpaired) electrons. The van der Waals surface area contributed by atoms with Gasteiger partial charge in [-0.1, -0.05) is 6.92 Å². The van der Waals surface area contributed by atoms with Crippen LogP contribution in [-0.4, -0.2) is 63.2 Å². The third kappa shape index (κ3) is 6.85. The molecule has 16 heteroatoms. The third-order valence-corrected chi connectivity index (χ3v) is 3.84. The van der Waals surface area contributed by atoms with Crippen LogP contribution in [0.1, 0.15) is 13.3 Å². The Morgan fingerprint density at radius 3 is 2.28 bits per heavy atom. The fourth-order valence-electron chi connectivity index (χ4n) is 1.95. The lowest BCUT2D eigenvalue weighted by Gasteiger charge is -2.11. The van der Waals surface area contributed by atoms with Gasteiger partial charge in [-0.25, -0.2) is 4.79 Å².